The van der Waals surface area contributed by atoms with Crippen LogP contribution in [-0.2, 0) is 13.1 Å². The number of nitrogens with zero attached hydrogens (tertiary/aromatic N) is 3. The fourth-order valence-electron chi connectivity index (χ4n) is 3.21. The maximum Gasteiger partial charge on any atom is 0.332 e. The van der Waals surface area contributed by atoms with Gasteiger partial charge < -0.3 is 11.1 Å². The molecule has 1 aromatic heterocycles. The summed E-state index contributed by atoms with van der Waals surface area (Å²) in [5.74, 6) is -2.01. The molecule has 0 atom stereocenters. The number of nitrogens with two attached hydrogens (primary N) is 1. The number of nitrogen functional groups attached to an aromatic ring is 1. The van der Waals surface area contributed by atoms with E-state index in [1.165, 1.54) is 6.07 Å². The van der Waals surface area contributed by atoms with E-state index < -0.39 is 40.0 Å². The molecule has 0 unspecified atom stereocenters. The third kappa shape index (κ3) is 4.41. The zero-order valence-electron chi connectivity index (χ0n) is 17.1. The summed E-state index contributed by atoms with van der Waals surface area (Å²) >= 11 is 0. The molecule has 1 heterocycles. The van der Waals surface area contributed by atoms with Gasteiger partial charge in [-0.05, 0) is 24.6 Å². The number of carbonyl (C=O) groups is 1. The van der Waals surface area contributed by atoms with Gasteiger partial charge in [0.15, 0.2) is 5.78 Å². The van der Waals surface area contributed by atoms with E-state index in [4.69, 9.17) is 5.73 Å². The molecular weight excluding hydrogens is 421 g/mol. The summed E-state index contributed by atoms with van der Waals surface area (Å²) in [5.41, 5.74) is 4.34. The lowest BCUT2D eigenvalue weighted by Crippen LogP contribution is -2.44. The fourth-order valence-corrected chi connectivity index (χ4v) is 3.21. The minimum Gasteiger partial charge on any atom is -0.384 e. The normalized spacial score (nSPS) is 10.7. The summed E-state index contributed by atoms with van der Waals surface area (Å²) in [7, 11) is 0. The van der Waals surface area contributed by atoms with Crippen molar-refractivity contribution in [3.63, 3.8) is 0 Å². The molecule has 0 saturated carbocycles. The molecule has 0 amide bonds. The third-order valence-corrected chi connectivity index (χ3v) is 4.84. The van der Waals surface area contributed by atoms with Gasteiger partial charge in [0.2, 0.25) is 5.82 Å². The molecule has 0 bridgehead atoms. The number of benzene rings is 2. The van der Waals surface area contributed by atoms with Crippen molar-refractivity contribution in [3.8, 4) is 0 Å². The van der Waals surface area contributed by atoms with Gasteiger partial charge in [-0.25, -0.2) is 4.79 Å². The number of aromatic nitrogens is 2. The highest BCUT2D eigenvalue weighted by molar-refractivity contribution is 6.02. The van der Waals surface area contributed by atoms with Gasteiger partial charge in [-0.2, -0.15) is 4.39 Å². The molecule has 10 nitrogen and oxygen atoms in total. The molecule has 2 aromatic carbocycles. The van der Waals surface area contributed by atoms with Crippen molar-refractivity contribution < 1.29 is 14.1 Å². The van der Waals surface area contributed by atoms with Crippen molar-refractivity contribution in [1.29, 1.82) is 0 Å². The second-order valence-corrected chi connectivity index (χ2v) is 6.86. The summed E-state index contributed by atoms with van der Waals surface area (Å²) in [6.07, 6.45) is 0. The summed E-state index contributed by atoms with van der Waals surface area (Å²) in [5, 5.41) is 13.5. The van der Waals surface area contributed by atoms with Crippen molar-refractivity contribution in [2.24, 2.45) is 0 Å². The van der Waals surface area contributed by atoms with Crippen LogP contribution >= 0.6 is 0 Å². The molecule has 3 aromatic rings. The first-order valence-corrected chi connectivity index (χ1v) is 9.62. The van der Waals surface area contributed by atoms with Crippen molar-refractivity contribution in [3.05, 3.63) is 96.4 Å². The number of Topliss-reactive ketones (excluding diaryl/α,β-unsaturated/α-hetero) is 1. The second-order valence-electron chi connectivity index (χ2n) is 6.86. The number of nitro benzene ring substituents is 1. The first-order valence-electron chi connectivity index (χ1n) is 9.62. The Bertz CT molecular complexity index is 1300. The predicted octanol–water partition coefficient (Wildman–Crippen LogP) is 2.00. The Balaban J connectivity index is 1.96. The van der Waals surface area contributed by atoms with Crippen LogP contribution in [0.3, 0.4) is 0 Å². The Hall–Kier alpha value is -4.28. The average Bonchev–Trinajstić information content (AvgIpc) is 2.77. The number of anilines is 2. The van der Waals surface area contributed by atoms with Crippen molar-refractivity contribution >= 4 is 23.0 Å². The van der Waals surface area contributed by atoms with Crippen LogP contribution in [0, 0.1) is 15.9 Å². The third-order valence-electron chi connectivity index (χ3n) is 4.84. The van der Waals surface area contributed by atoms with Crippen LogP contribution in [0.25, 0.3) is 0 Å². The Morgan fingerprint density at radius 2 is 1.84 bits per heavy atom. The number of hydrogen-bond donors (Lipinski definition) is 2. The SMILES string of the molecule is CCn1c(=O)c(C(=O)CNc2ccc(F)c([N+](=O)[O-])c2)c(N)n(Cc2ccccc2)c1=O. The monoisotopic (exact) mass is 441 g/mol. The molecule has 0 saturated heterocycles. The molecule has 11 heteroatoms. The number of hydrogen-bond acceptors (Lipinski definition) is 7. The van der Waals surface area contributed by atoms with Crippen molar-refractivity contribution in [2.45, 2.75) is 20.0 Å². The number of carbonyl (C=O) groups excluding carboxylic acids is 1. The van der Waals surface area contributed by atoms with Gasteiger partial charge in [0, 0.05) is 18.3 Å². The van der Waals surface area contributed by atoms with E-state index in [0.29, 0.717) is 0 Å². The van der Waals surface area contributed by atoms with Crippen LogP contribution in [0.2, 0.25) is 0 Å². The van der Waals surface area contributed by atoms with E-state index in [9.17, 15) is 28.9 Å². The van der Waals surface area contributed by atoms with E-state index in [-0.39, 0.29) is 30.2 Å². The van der Waals surface area contributed by atoms with E-state index >= 15 is 0 Å². The maximum absolute atomic E-state index is 13.5. The van der Waals surface area contributed by atoms with Crippen molar-refractivity contribution in [2.75, 3.05) is 17.6 Å². The van der Waals surface area contributed by atoms with Crippen molar-refractivity contribution in [1.82, 2.24) is 9.13 Å². The lowest BCUT2D eigenvalue weighted by atomic mass is 10.1. The molecule has 0 aliphatic rings. The highest BCUT2D eigenvalue weighted by atomic mass is 19.1. The number of nitrogens with one attached hydrogen (secondary N) is 1. The summed E-state index contributed by atoms with van der Waals surface area (Å²) in [6, 6.07) is 12.0. The first-order chi connectivity index (χ1) is 15.2. The van der Waals surface area contributed by atoms with E-state index in [2.05, 4.69) is 5.32 Å². The Labute approximate surface area is 180 Å². The molecule has 0 fully saturated rings. The van der Waals surface area contributed by atoms with Gasteiger partial charge in [0.1, 0.15) is 11.4 Å². The molecule has 166 valence electrons. The van der Waals surface area contributed by atoms with Gasteiger partial charge in [-0.1, -0.05) is 30.3 Å². The number of rotatable bonds is 8. The molecule has 3 rings (SSSR count). The van der Waals surface area contributed by atoms with Gasteiger partial charge in [-0.15, -0.1) is 0 Å². The number of ketones is 1. The maximum atomic E-state index is 13.5. The van der Waals surface area contributed by atoms with Crippen LogP contribution < -0.4 is 22.3 Å². The molecule has 0 aliphatic heterocycles. The standard InChI is InChI=1S/C21H20FN5O5/c1-2-25-20(29)18(19(23)26(21(25)30)12-13-6-4-3-5-7-13)17(28)11-24-14-8-9-15(22)16(10-14)27(31)32/h3-10,24H,2,11-12,23H2,1H3. The summed E-state index contributed by atoms with van der Waals surface area (Å²) < 4.78 is 15.6. The topological polar surface area (TPSA) is 142 Å². The molecule has 0 aliphatic carbocycles. The van der Waals surface area contributed by atoms with Crippen LogP contribution in [-0.4, -0.2) is 26.4 Å². The summed E-state index contributed by atoms with van der Waals surface area (Å²) in [4.78, 5) is 48.4. The van der Waals surface area contributed by atoms with E-state index in [0.717, 1.165) is 26.8 Å². The lowest BCUT2D eigenvalue weighted by molar-refractivity contribution is -0.387. The average molecular weight is 441 g/mol. The highest BCUT2D eigenvalue weighted by Gasteiger charge is 2.23. The zero-order chi connectivity index (χ0) is 23.4. The molecule has 3 N–H and O–H groups in total. The van der Waals surface area contributed by atoms with Gasteiger partial charge in [0.05, 0.1) is 18.0 Å². The fraction of sp³-hybridized carbons (Fsp3) is 0.190. The molecule has 0 spiro atoms. The summed E-state index contributed by atoms with van der Waals surface area (Å²) in [6.45, 7) is 1.24. The number of halogens is 1. The van der Waals surface area contributed by atoms with E-state index in [1.807, 2.05) is 6.07 Å². The minimum absolute atomic E-state index is 0.0323. The molecule has 0 radical (unpaired) electrons. The van der Waals surface area contributed by atoms with Crippen LogP contribution in [0.4, 0.5) is 21.6 Å². The van der Waals surface area contributed by atoms with Gasteiger partial charge >= 0.3 is 11.4 Å². The Kier molecular flexibility index (Phi) is 6.47. The van der Waals surface area contributed by atoms with Crippen LogP contribution in [0.5, 0.6) is 0 Å². The Morgan fingerprint density at radius 1 is 1.16 bits per heavy atom. The first kappa shape index (κ1) is 22.4. The highest BCUT2D eigenvalue weighted by Crippen LogP contribution is 2.21. The van der Waals surface area contributed by atoms with Crippen LogP contribution in [0.15, 0.2) is 58.1 Å². The predicted molar refractivity (Wildman–Crippen MR) is 116 cm³/mol. The minimum atomic E-state index is -1.02. The zero-order valence-corrected chi connectivity index (χ0v) is 17.1. The largest absolute Gasteiger partial charge is 0.384 e. The number of nitro groups is 1. The van der Waals surface area contributed by atoms with Gasteiger partial charge in [0.25, 0.3) is 5.56 Å². The van der Waals surface area contributed by atoms with E-state index in [1.54, 1.807) is 31.2 Å². The molecular formula is C21H20FN5O5. The Morgan fingerprint density at radius 3 is 2.47 bits per heavy atom. The lowest BCUT2D eigenvalue weighted by Gasteiger charge is -2.16. The molecule has 32 heavy (non-hydrogen) atoms. The van der Waals surface area contributed by atoms with Crippen LogP contribution in [0.1, 0.15) is 22.8 Å². The smallest absolute Gasteiger partial charge is 0.332 e. The second kappa shape index (κ2) is 9.25. The quantitative estimate of drug-likeness (QED) is 0.309. The van der Waals surface area contributed by atoms with Gasteiger partial charge in [-0.3, -0.25) is 28.8 Å².